The number of thiophene rings is 1. The fourth-order valence-electron chi connectivity index (χ4n) is 4.97. The highest BCUT2D eigenvalue weighted by molar-refractivity contribution is 7.98. The summed E-state index contributed by atoms with van der Waals surface area (Å²) in [6, 6.07) is 24.5. The number of halogens is 1. The third kappa shape index (κ3) is 4.53. The zero-order chi connectivity index (χ0) is 27.8. The fourth-order valence-corrected chi connectivity index (χ4v) is 6.67. The van der Waals surface area contributed by atoms with Crippen molar-refractivity contribution < 1.29 is 13.9 Å². The van der Waals surface area contributed by atoms with Gasteiger partial charge in [0.15, 0.2) is 0 Å². The highest BCUT2D eigenvalue weighted by Crippen LogP contribution is 2.47. The maximum atomic E-state index is 14.7. The lowest BCUT2D eigenvalue weighted by molar-refractivity contribution is -0.122. The Morgan fingerprint density at radius 3 is 2.65 bits per heavy atom. The van der Waals surface area contributed by atoms with E-state index in [1.807, 2.05) is 64.9 Å². The summed E-state index contributed by atoms with van der Waals surface area (Å²) in [7, 11) is 1.62. The largest absolute Gasteiger partial charge is 0.497 e. The predicted octanol–water partition coefficient (Wildman–Crippen LogP) is 7.34. The second-order valence-electron chi connectivity index (χ2n) is 9.30. The molecule has 0 atom stereocenters. The molecule has 0 bridgehead atoms. The normalized spacial score (nSPS) is 13.2. The van der Waals surface area contributed by atoms with E-state index in [1.165, 1.54) is 35.4 Å². The number of nitrogens with zero attached hydrogens (tertiary/aromatic N) is 4. The minimum absolute atomic E-state index is 0.366. The van der Waals surface area contributed by atoms with Gasteiger partial charge in [-0.05, 0) is 78.0 Å². The van der Waals surface area contributed by atoms with Crippen LogP contribution >= 0.6 is 23.3 Å². The number of carbonyl (C=O) groups excluding carboxylic acids is 1. The van der Waals surface area contributed by atoms with Crippen LogP contribution in [-0.2, 0) is 4.79 Å². The number of rotatable bonds is 7. The molecule has 2 aromatic heterocycles. The molecule has 0 spiro atoms. The number of aromatic nitrogens is 1. The van der Waals surface area contributed by atoms with E-state index in [4.69, 9.17) is 4.74 Å². The van der Waals surface area contributed by atoms with Crippen molar-refractivity contribution in [2.75, 3.05) is 25.1 Å². The summed E-state index contributed by atoms with van der Waals surface area (Å²) in [6.07, 6.45) is 0. The van der Waals surface area contributed by atoms with Gasteiger partial charge in [0.2, 0.25) is 0 Å². The van der Waals surface area contributed by atoms with Crippen molar-refractivity contribution in [2.45, 2.75) is 4.90 Å². The van der Waals surface area contributed by atoms with Crippen molar-refractivity contribution in [3.8, 4) is 34.2 Å². The molecule has 3 aromatic carbocycles. The number of amides is 1. The van der Waals surface area contributed by atoms with Gasteiger partial charge in [0.25, 0.3) is 5.91 Å². The predicted molar refractivity (Wildman–Crippen MR) is 156 cm³/mol. The second kappa shape index (κ2) is 10.6. The molecule has 0 unspecified atom stereocenters. The summed E-state index contributed by atoms with van der Waals surface area (Å²) in [5, 5.41) is 15.0. The Labute approximate surface area is 237 Å². The molecule has 0 N–H and O–H groups in total. The molecule has 5 aromatic rings. The first kappa shape index (κ1) is 25.8. The Hall–Kier alpha value is -4.46. The van der Waals surface area contributed by atoms with Gasteiger partial charge in [-0.1, -0.05) is 12.1 Å². The number of nitroso groups, excluding NO2 is 1. The number of carbonyl (C=O) groups is 1. The van der Waals surface area contributed by atoms with Crippen LogP contribution in [0, 0.1) is 28.0 Å². The molecular weight excluding hydrogens is 547 g/mol. The highest BCUT2D eigenvalue weighted by atomic mass is 32.2. The van der Waals surface area contributed by atoms with Gasteiger partial charge >= 0.3 is 0 Å². The SMILES string of the molecule is COc1ccc(Sn2c(-c3cccc(N4CC(C(=O)N=O)C4)c3)c(-c3ccsc3C#N)c3cc(F)ccc32)cc1. The van der Waals surface area contributed by atoms with Gasteiger partial charge < -0.3 is 9.64 Å². The first-order valence-corrected chi connectivity index (χ1v) is 14.0. The van der Waals surface area contributed by atoms with Crippen LogP contribution in [0.2, 0.25) is 0 Å². The van der Waals surface area contributed by atoms with Gasteiger partial charge in [0, 0.05) is 50.9 Å². The average molecular weight is 569 g/mol. The lowest BCUT2D eigenvalue weighted by Crippen LogP contribution is -2.50. The third-order valence-corrected chi connectivity index (χ3v) is 8.85. The zero-order valence-electron chi connectivity index (χ0n) is 21.2. The Balaban J connectivity index is 1.55. The number of hydrogen-bond acceptors (Lipinski definition) is 7. The topological polar surface area (TPSA) is 87.7 Å². The summed E-state index contributed by atoms with van der Waals surface area (Å²) in [4.78, 5) is 25.9. The van der Waals surface area contributed by atoms with Gasteiger partial charge in [-0.25, -0.2) is 4.39 Å². The standard InChI is InChI=1S/C30H21FN4O3S2/c1-38-22-6-8-23(9-7-22)40-35-26-10-5-20(31)14-25(26)28(24-11-12-39-27(24)15-32)29(35)18-3-2-4-21(13-18)34-16-19(17-34)30(36)33-37/h2-14,19H,16-17H2,1H3. The highest BCUT2D eigenvalue weighted by Gasteiger charge is 2.34. The number of hydrogen-bond donors (Lipinski definition) is 0. The molecule has 0 radical (unpaired) electrons. The number of nitriles is 1. The number of ether oxygens (including phenoxy) is 1. The molecule has 1 amide bonds. The number of methoxy groups -OCH3 is 1. The van der Waals surface area contributed by atoms with Crippen LogP contribution < -0.4 is 9.64 Å². The molecule has 40 heavy (non-hydrogen) atoms. The molecule has 1 aliphatic heterocycles. The Morgan fingerprint density at radius 2 is 1.93 bits per heavy atom. The van der Waals surface area contributed by atoms with Crippen molar-refractivity contribution in [3.63, 3.8) is 0 Å². The molecule has 198 valence electrons. The molecule has 10 heteroatoms. The van der Waals surface area contributed by atoms with Gasteiger partial charge in [-0.15, -0.1) is 16.2 Å². The first-order valence-electron chi connectivity index (χ1n) is 12.4. The molecule has 0 saturated carbocycles. The molecule has 1 saturated heterocycles. The van der Waals surface area contributed by atoms with Crippen LogP contribution in [0.4, 0.5) is 10.1 Å². The second-order valence-corrected chi connectivity index (χ2v) is 11.2. The summed E-state index contributed by atoms with van der Waals surface area (Å²) in [6.45, 7) is 0.831. The van der Waals surface area contributed by atoms with E-state index in [2.05, 4.69) is 15.2 Å². The maximum absolute atomic E-state index is 14.7. The zero-order valence-corrected chi connectivity index (χ0v) is 22.8. The van der Waals surface area contributed by atoms with E-state index in [1.54, 1.807) is 13.2 Å². The molecule has 3 heterocycles. The van der Waals surface area contributed by atoms with E-state index < -0.39 is 11.8 Å². The van der Waals surface area contributed by atoms with Crippen molar-refractivity contribution in [3.05, 3.63) is 93.8 Å². The van der Waals surface area contributed by atoms with Gasteiger partial charge in [0.1, 0.15) is 22.5 Å². The quantitative estimate of drug-likeness (QED) is 0.191. The fraction of sp³-hybridized carbons (Fsp3) is 0.133. The molecule has 1 aliphatic rings. The average Bonchev–Trinajstić information content (AvgIpc) is 3.54. The molecule has 6 rings (SSSR count). The third-order valence-electron chi connectivity index (χ3n) is 6.98. The summed E-state index contributed by atoms with van der Waals surface area (Å²) >= 11 is 2.84. The van der Waals surface area contributed by atoms with E-state index in [-0.39, 0.29) is 5.82 Å². The number of fused-ring (bicyclic) bond motifs is 1. The Morgan fingerprint density at radius 1 is 1.12 bits per heavy atom. The minimum Gasteiger partial charge on any atom is -0.497 e. The minimum atomic E-state index is -0.630. The van der Waals surface area contributed by atoms with E-state index in [9.17, 15) is 19.4 Å². The molecular formula is C30H21FN4O3S2. The molecule has 7 nitrogen and oxygen atoms in total. The lowest BCUT2D eigenvalue weighted by atomic mass is 9.96. The summed E-state index contributed by atoms with van der Waals surface area (Å²) < 4.78 is 22.1. The Kier molecular flexibility index (Phi) is 6.84. The lowest BCUT2D eigenvalue weighted by Gasteiger charge is -2.38. The smallest absolute Gasteiger partial charge is 0.292 e. The van der Waals surface area contributed by atoms with Crippen molar-refractivity contribution in [1.29, 1.82) is 5.26 Å². The number of benzene rings is 3. The van der Waals surface area contributed by atoms with Gasteiger partial charge in [0.05, 0.1) is 24.2 Å². The van der Waals surface area contributed by atoms with Crippen molar-refractivity contribution >= 4 is 45.8 Å². The summed E-state index contributed by atoms with van der Waals surface area (Å²) in [5.74, 6) is -0.658. The van der Waals surface area contributed by atoms with E-state index >= 15 is 0 Å². The van der Waals surface area contributed by atoms with Gasteiger partial charge in [-0.2, -0.15) is 5.26 Å². The summed E-state index contributed by atoms with van der Waals surface area (Å²) in [5.41, 5.74) is 4.89. The van der Waals surface area contributed by atoms with Crippen molar-refractivity contribution in [2.24, 2.45) is 11.1 Å². The van der Waals surface area contributed by atoms with Crippen LogP contribution in [0.1, 0.15) is 4.88 Å². The van der Waals surface area contributed by atoms with Crippen LogP contribution in [0.25, 0.3) is 33.3 Å². The van der Waals surface area contributed by atoms with Crippen LogP contribution in [0.15, 0.2) is 88.2 Å². The maximum Gasteiger partial charge on any atom is 0.292 e. The monoisotopic (exact) mass is 568 g/mol. The number of anilines is 1. The van der Waals surface area contributed by atoms with E-state index in [0.717, 1.165) is 44.2 Å². The van der Waals surface area contributed by atoms with E-state index in [0.29, 0.717) is 23.4 Å². The van der Waals surface area contributed by atoms with Crippen molar-refractivity contribution in [1.82, 2.24) is 3.97 Å². The Bertz CT molecular complexity index is 1800. The first-order chi connectivity index (χ1) is 19.5. The molecule has 1 fully saturated rings. The van der Waals surface area contributed by atoms with Crippen LogP contribution in [0.5, 0.6) is 5.75 Å². The molecule has 0 aliphatic carbocycles. The van der Waals surface area contributed by atoms with Gasteiger partial charge in [-0.3, -0.25) is 8.77 Å². The van der Waals surface area contributed by atoms with Crippen LogP contribution in [0.3, 0.4) is 0 Å². The van der Waals surface area contributed by atoms with Crippen LogP contribution in [-0.4, -0.2) is 30.1 Å².